The first-order chi connectivity index (χ1) is 5.20. The molecular formula is C9H14N2. The second-order valence-corrected chi connectivity index (χ2v) is 2.99. The van der Waals surface area contributed by atoms with Gasteiger partial charge in [-0.05, 0) is 26.7 Å². The van der Waals surface area contributed by atoms with Crippen LogP contribution in [0.25, 0.3) is 0 Å². The van der Waals surface area contributed by atoms with Crippen molar-refractivity contribution < 1.29 is 0 Å². The summed E-state index contributed by atoms with van der Waals surface area (Å²) in [6.45, 7) is 3.83. The molecule has 0 spiro atoms. The van der Waals surface area contributed by atoms with Crippen LogP contribution in [0, 0.1) is 34.5 Å². The fourth-order valence-corrected chi connectivity index (χ4v) is 0.859. The van der Waals surface area contributed by atoms with Gasteiger partial charge in [-0.2, -0.15) is 10.5 Å². The molecule has 2 nitrogen and oxygen atoms in total. The highest BCUT2D eigenvalue weighted by atomic mass is 14.3. The van der Waals surface area contributed by atoms with E-state index in [0.29, 0.717) is 0 Å². The van der Waals surface area contributed by atoms with Gasteiger partial charge in [0.25, 0.3) is 0 Å². The van der Waals surface area contributed by atoms with E-state index < -0.39 is 0 Å². The van der Waals surface area contributed by atoms with Crippen molar-refractivity contribution in [2.75, 3.05) is 0 Å². The molecule has 0 aliphatic rings. The quantitative estimate of drug-likeness (QED) is 0.618. The molecule has 0 bridgehead atoms. The van der Waals surface area contributed by atoms with Crippen molar-refractivity contribution in [3.63, 3.8) is 0 Å². The van der Waals surface area contributed by atoms with Crippen molar-refractivity contribution in [3.8, 4) is 12.1 Å². The van der Waals surface area contributed by atoms with Crippen LogP contribution < -0.4 is 0 Å². The largest absolute Gasteiger partial charge is 0.198 e. The summed E-state index contributed by atoms with van der Waals surface area (Å²) in [5.74, 6) is 0.279. The zero-order valence-electron chi connectivity index (χ0n) is 7.17. The Kier molecular flexibility index (Phi) is 5.21. The summed E-state index contributed by atoms with van der Waals surface area (Å²) in [6.07, 6.45) is 2.83. The van der Waals surface area contributed by atoms with E-state index in [1.807, 2.05) is 13.8 Å². The number of hydrogen-bond acceptors (Lipinski definition) is 2. The van der Waals surface area contributed by atoms with Gasteiger partial charge in [0.2, 0.25) is 0 Å². The second kappa shape index (κ2) is 5.74. The lowest BCUT2D eigenvalue weighted by Crippen LogP contribution is -1.94. The molecule has 11 heavy (non-hydrogen) atoms. The summed E-state index contributed by atoms with van der Waals surface area (Å²) in [5, 5.41) is 16.9. The van der Waals surface area contributed by atoms with Crippen LogP contribution in [-0.2, 0) is 0 Å². The molecule has 0 aromatic rings. The molecule has 2 unspecified atom stereocenters. The Bertz CT molecular complexity index is 153. The van der Waals surface area contributed by atoms with Crippen molar-refractivity contribution in [3.05, 3.63) is 0 Å². The van der Waals surface area contributed by atoms with Gasteiger partial charge in [-0.1, -0.05) is 6.42 Å². The average Bonchev–Trinajstić information content (AvgIpc) is 2.04. The molecule has 0 N–H and O–H groups in total. The summed E-state index contributed by atoms with van der Waals surface area (Å²) in [7, 11) is 0. The maximum atomic E-state index is 8.44. The second-order valence-electron chi connectivity index (χ2n) is 2.99. The van der Waals surface area contributed by atoms with E-state index in [2.05, 4.69) is 12.1 Å². The smallest absolute Gasteiger partial charge is 0.0652 e. The number of hydrogen-bond donors (Lipinski definition) is 0. The zero-order valence-corrected chi connectivity index (χ0v) is 7.17. The predicted octanol–water partition coefficient (Wildman–Crippen LogP) is 2.48. The number of nitrogens with zero attached hydrogens (tertiary/aromatic N) is 2. The molecule has 2 atom stereocenters. The summed E-state index contributed by atoms with van der Waals surface area (Å²) < 4.78 is 0. The summed E-state index contributed by atoms with van der Waals surface area (Å²) in [4.78, 5) is 0. The molecule has 0 heterocycles. The summed E-state index contributed by atoms with van der Waals surface area (Å²) in [6, 6.07) is 4.35. The van der Waals surface area contributed by atoms with E-state index in [1.165, 1.54) is 0 Å². The first-order valence-electron chi connectivity index (χ1n) is 4.00. The third-order valence-electron chi connectivity index (χ3n) is 1.72. The van der Waals surface area contributed by atoms with E-state index in [9.17, 15) is 0 Å². The van der Waals surface area contributed by atoms with Gasteiger partial charge >= 0.3 is 0 Å². The lowest BCUT2D eigenvalue weighted by Gasteiger charge is -2.02. The molecule has 0 saturated heterocycles. The van der Waals surface area contributed by atoms with Crippen LogP contribution in [0.15, 0.2) is 0 Å². The highest BCUT2D eigenvalue weighted by Gasteiger charge is 2.02. The minimum atomic E-state index is 0.140. The SMILES string of the molecule is CC(C#N)CCCC(C)C#N. The van der Waals surface area contributed by atoms with E-state index in [-0.39, 0.29) is 11.8 Å². The third kappa shape index (κ3) is 5.43. The summed E-state index contributed by atoms with van der Waals surface area (Å²) in [5.41, 5.74) is 0. The Morgan fingerprint density at radius 2 is 1.36 bits per heavy atom. The molecule has 0 aromatic carbocycles. The minimum absolute atomic E-state index is 0.140. The Labute approximate surface area is 68.4 Å². The summed E-state index contributed by atoms with van der Waals surface area (Å²) >= 11 is 0. The van der Waals surface area contributed by atoms with Crippen molar-refractivity contribution in [1.29, 1.82) is 10.5 Å². The Morgan fingerprint density at radius 1 is 1.00 bits per heavy atom. The molecule has 0 amide bonds. The molecule has 0 aliphatic heterocycles. The molecule has 2 heteroatoms. The molecule has 0 radical (unpaired) electrons. The van der Waals surface area contributed by atoms with Gasteiger partial charge in [0, 0.05) is 11.8 Å². The van der Waals surface area contributed by atoms with E-state index in [1.54, 1.807) is 0 Å². The van der Waals surface area contributed by atoms with Crippen LogP contribution in [-0.4, -0.2) is 0 Å². The molecule has 0 rings (SSSR count). The van der Waals surface area contributed by atoms with E-state index >= 15 is 0 Å². The molecule has 0 saturated carbocycles. The fraction of sp³-hybridized carbons (Fsp3) is 0.778. The van der Waals surface area contributed by atoms with Crippen LogP contribution in [0.1, 0.15) is 33.1 Å². The fourth-order valence-electron chi connectivity index (χ4n) is 0.859. The Balaban J connectivity index is 3.30. The van der Waals surface area contributed by atoms with Crippen LogP contribution in [0.2, 0.25) is 0 Å². The van der Waals surface area contributed by atoms with Crippen LogP contribution in [0.3, 0.4) is 0 Å². The Hall–Kier alpha value is -1.02. The first kappa shape index (κ1) is 9.98. The zero-order chi connectivity index (χ0) is 8.69. The lowest BCUT2D eigenvalue weighted by atomic mass is 10.0. The first-order valence-corrected chi connectivity index (χ1v) is 4.00. The maximum absolute atomic E-state index is 8.44. The van der Waals surface area contributed by atoms with Crippen LogP contribution in [0.4, 0.5) is 0 Å². The predicted molar refractivity (Wildman–Crippen MR) is 43.4 cm³/mol. The molecule has 0 aromatic heterocycles. The minimum Gasteiger partial charge on any atom is -0.198 e. The van der Waals surface area contributed by atoms with Gasteiger partial charge in [0.05, 0.1) is 12.1 Å². The van der Waals surface area contributed by atoms with Crippen molar-refractivity contribution >= 4 is 0 Å². The normalized spacial score (nSPS) is 14.5. The van der Waals surface area contributed by atoms with Crippen molar-refractivity contribution in [2.24, 2.45) is 11.8 Å². The van der Waals surface area contributed by atoms with E-state index in [0.717, 1.165) is 19.3 Å². The van der Waals surface area contributed by atoms with Crippen molar-refractivity contribution in [1.82, 2.24) is 0 Å². The molecular weight excluding hydrogens is 136 g/mol. The van der Waals surface area contributed by atoms with Gasteiger partial charge in [0.15, 0.2) is 0 Å². The topological polar surface area (TPSA) is 47.6 Å². The Morgan fingerprint density at radius 3 is 1.64 bits per heavy atom. The molecule has 60 valence electrons. The average molecular weight is 150 g/mol. The lowest BCUT2D eigenvalue weighted by molar-refractivity contribution is 0.540. The van der Waals surface area contributed by atoms with Gasteiger partial charge in [-0.3, -0.25) is 0 Å². The van der Waals surface area contributed by atoms with Crippen LogP contribution >= 0.6 is 0 Å². The van der Waals surface area contributed by atoms with Crippen LogP contribution in [0.5, 0.6) is 0 Å². The number of nitriles is 2. The highest BCUT2D eigenvalue weighted by Crippen LogP contribution is 2.11. The van der Waals surface area contributed by atoms with Gasteiger partial charge in [-0.15, -0.1) is 0 Å². The number of rotatable bonds is 4. The standard InChI is InChI=1S/C9H14N2/c1-8(6-10)4-3-5-9(2)7-11/h8-9H,3-5H2,1-2H3. The van der Waals surface area contributed by atoms with Gasteiger partial charge in [0.1, 0.15) is 0 Å². The van der Waals surface area contributed by atoms with E-state index in [4.69, 9.17) is 10.5 Å². The third-order valence-corrected chi connectivity index (χ3v) is 1.72. The van der Waals surface area contributed by atoms with Gasteiger partial charge < -0.3 is 0 Å². The monoisotopic (exact) mass is 150 g/mol. The molecule has 0 fully saturated rings. The highest BCUT2D eigenvalue weighted by molar-refractivity contribution is 4.81. The van der Waals surface area contributed by atoms with Crippen molar-refractivity contribution in [2.45, 2.75) is 33.1 Å². The molecule has 0 aliphatic carbocycles. The van der Waals surface area contributed by atoms with Gasteiger partial charge in [-0.25, -0.2) is 0 Å². The maximum Gasteiger partial charge on any atom is 0.0652 e.